The van der Waals surface area contributed by atoms with Gasteiger partial charge in [0.15, 0.2) is 9.47 Å². The van der Waals surface area contributed by atoms with Crippen LogP contribution >= 0.6 is 34.4 Å². The van der Waals surface area contributed by atoms with Crippen LogP contribution in [0.1, 0.15) is 26.7 Å². The molecule has 0 aliphatic rings. The Morgan fingerprint density at radius 1 is 1.22 bits per heavy atom. The first kappa shape index (κ1) is 17.8. The lowest BCUT2D eigenvalue weighted by molar-refractivity contribution is -0.120. The lowest BCUT2D eigenvalue weighted by Gasteiger charge is -2.09. The smallest absolute Gasteiger partial charge is 0.236 e. The third-order valence-corrected chi connectivity index (χ3v) is 5.66. The number of hydrogen-bond donors (Lipinski definition) is 2. The molecule has 2 heterocycles. The monoisotopic (exact) mass is 371 g/mol. The van der Waals surface area contributed by atoms with E-state index in [1.165, 1.54) is 34.4 Å². The zero-order chi connectivity index (χ0) is 16.7. The van der Waals surface area contributed by atoms with Crippen molar-refractivity contribution in [2.24, 2.45) is 5.92 Å². The highest BCUT2D eigenvalue weighted by Crippen LogP contribution is 2.26. The molecule has 0 saturated carbocycles. The van der Waals surface area contributed by atoms with Crippen molar-refractivity contribution >= 4 is 56.5 Å². The molecular formula is C13H17N5O2S3. The number of amides is 2. The van der Waals surface area contributed by atoms with Gasteiger partial charge in [-0.15, -0.1) is 21.5 Å². The fourth-order valence-electron chi connectivity index (χ4n) is 1.75. The van der Waals surface area contributed by atoms with E-state index in [0.29, 0.717) is 14.6 Å². The molecule has 0 aliphatic carbocycles. The van der Waals surface area contributed by atoms with Crippen LogP contribution in [0.15, 0.2) is 15.9 Å². The van der Waals surface area contributed by atoms with Gasteiger partial charge in [0.05, 0.1) is 5.75 Å². The highest BCUT2D eigenvalue weighted by atomic mass is 32.2. The molecule has 0 bridgehead atoms. The average Bonchev–Trinajstić information content (AvgIpc) is 3.18. The van der Waals surface area contributed by atoms with E-state index in [1.54, 1.807) is 11.6 Å². The molecule has 0 spiro atoms. The van der Waals surface area contributed by atoms with Gasteiger partial charge in [0.25, 0.3) is 0 Å². The first-order valence-corrected chi connectivity index (χ1v) is 9.77. The van der Waals surface area contributed by atoms with Gasteiger partial charge < -0.3 is 10.6 Å². The molecule has 7 nitrogen and oxygen atoms in total. The summed E-state index contributed by atoms with van der Waals surface area (Å²) in [7, 11) is 0. The Hall–Kier alpha value is -1.52. The van der Waals surface area contributed by atoms with E-state index in [0.717, 1.165) is 12.8 Å². The number of hydrogen-bond acceptors (Lipinski definition) is 8. The number of nitrogens with zero attached hydrogens (tertiary/aromatic N) is 3. The van der Waals surface area contributed by atoms with E-state index in [1.807, 2.05) is 13.8 Å². The van der Waals surface area contributed by atoms with E-state index in [4.69, 9.17) is 0 Å². The third-order valence-electron chi connectivity index (χ3n) is 3.00. The number of aromatic nitrogens is 3. The second-order valence-corrected chi connectivity index (χ2v) is 7.64. The van der Waals surface area contributed by atoms with Crippen molar-refractivity contribution in [1.29, 1.82) is 0 Å². The van der Waals surface area contributed by atoms with Crippen molar-refractivity contribution < 1.29 is 9.59 Å². The van der Waals surface area contributed by atoms with Gasteiger partial charge >= 0.3 is 0 Å². The molecule has 0 atom stereocenters. The Morgan fingerprint density at radius 2 is 2.00 bits per heavy atom. The molecule has 10 heteroatoms. The minimum Gasteiger partial charge on any atom is -0.301 e. The van der Waals surface area contributed by atoms with E-state index >= 15 is 0 Å². The fourth-order valence-corrected chi connectivity index (χ4v) is 3.85. The molecule has 0 aliphatic heterocycles. The third kappa shape index (κ3) is 5.56. The summed E-state index contributed by atoms with van der Waals surface area (Å²) in [5.41, 5.74) is 0. The minimum atomic E-state index is -0.150. The number of nitrogens with one attached hydrogen (secondary N) is 2. The van der Waals surface area contributed by atoms with Crippen molar-refractivity contribution in [2.75, 3.05) is 16.4 Å². The SMILES string of the molecule is CCC(CC)C(=O)Nc1nnc(SCC(=O)Nc2nccs2)s1. The highest BCUT2D eigenvalue weighted by molar-refractivity contribution is 8.01. The van der Waals surface area contributed by atoms with Crippen molar-refractivity contribution in [2.45, 2.75) is 31.0 Å². The summed E-state index contributed by atoms with van der Waals surface area (Å²) >= 11 is 3.91. The first-order chi connectivity index (χ1) is 11.1. The summed E-state index contributed by atoms with van der Waals surface area (Å²) in [5, 5.41) is 16.2. The molecule has 2 N–H and O–H groups in total. The van der Waals surface area contributed by atoms with Crippen LogP contribution < -0.4 is 10.6 Å². The van der Waals surface area contributed by atoms with Crippen LogP contribution in [-0.4, -0.2) is 32.7 Å². The molecule has 124 valence electrons. The zero-order valence-corrected chi connectivity index (χ0v) is 15.2. The molecular weight excluding hydrogens is 354 g/mol. The van der Waals surface area contributed by atoms with Gasteiger partial charge in [0.1, 0.15) is 0 Å². The number of carbonyl (C=O) groups excluding carboxylic acids is 2. The predicted octanol–water partition coefficient (Wildman–Crippen LogP) is 3.10. The predicted molar refractivity (Wildman–Crippen MR) is 94.1 cm³/mol. The Kier molecular flexibility index (Phi) is 6.93. The largest absolute Gasteiger partial charge is 0.301 e. The van der Waals surface area contributed by atoms with Gasteiger partial charge in [-0.2, -0.15) is 0 Å². The van der Waals surface area contributed by atoms with Crippen molar-refractivity contribution in [3.05, 3.63) is 11.6 Å². The highest BCUT2D eigenvalue weighted by Gasteiger charge is 2.16. The Labute approximate surface area is 146 Å². The molecule has 0 unspecified atom stereocenters. The minimum absolute atomic E-state index is 0.0147. The van der Waals surface area contributed by atoms with Crippen LogP contribution in [-0.2, 0) is 9.59 Å². The topological polar surface area (TPSA) is 96.9 Å². The lowest BCUT2D eigenvalue weighted by atomic mass is 10.0. The van der Waals surface area contributed by atoms with Crippen LogP contribution in [0.3, 0.4) is 0 Å². The number of thiazole rings is 1. The maximum Gasteiger partial charge on any atom is 0.236 e. The molecule has 23 heavy (non-hydrogen) atoms. The van der Waals surface area contributed by atoms with Gasteiger partial charge in [-0.05, 0) is 12.8 Å². The average molecular weight is 372 g/mol. The molecule has 2 rings (SSSR count). The fraction of sp³-hybridized carbons (Fsp3) is 0.462. The summed E-state index contributed by atoms with van der Waals surface area (Å²) in [6.07, 6.45) is 3.21. The standard InChI is InChI=1S/C13H17N5O2S3/c1-3-8(4-2)10(20)16-12-17-18-13(23-12)22-7-9(19)15-11-14-5-6-21-11/h5-6,8H,3-4,7H2,1-2H3,(H,14,15,19)(H,16,17,20). The van der Waals surface area contributed by atoms with E-state index in [-0.39, 0.29) is 23.5 Å². The Balaban J connectivity index is 1.80. The van der Waals surface area contributed by atoms with Crippen LogP contribution in [0.5, 0.6) is 0 Å². The van der Waals surface area contributed by atoms with Gasteiger partial charge in [0.2, 0.25) is 16.9 Å². The van der Waals surface area contributed by atoms with Crippen molar-refractivity contribution in [1.82, 2.24) is 15.2 Å². The van der Waals surface area contributed by atoms with Crippen LogP contribution in [0, 0.1) is 5.92 Å². The maximum atomic E-state index is 12.0. The lowest BCUT2D eigenvalue weighted by Crippen LogP contribution is -2.21. The van der Waals surface area contributed by atoms with E-state index < -0.39 is 0 Å². The molecule has 2 amide bonds. The Morgan fingerprint density at radius 3 is 2.65 bits per heavy atom. The number of rotatable bonds is 8. The van der Waals surface area contributed by atoms with Gasteiger partial charge in [-0.1, -0.05) is 36.9 Å². The quantitative estimate of drug-likeness (QED) is 0.547. The van der Waals surface area contributed by atoms with Crippen molar-refractivity contribution in [3.8, 4) is 0 Å². The number of anilines is 2. The molecule has 0 saturated heterocycles. The van der Waals surface area contributed by atoms with Gasteiger partial charge in [-0.3, -0.25) is 9.59 Å². The first-order valence-electron chi connectivity index (χ1n) is 7.08. The molecule has 0 radical (unpaired) electrons. The van der Waals surface area contributed by atoms with Crippen LogP contribution in [0.4, 0.5) is 10.3 Å². The summed E-state index contributed by atoms with van der Waals surface area (Å²) in [6.45, 7) is 3.96. The van der Waals surface area contributed by atoms with Gasteiger partial charge in [0, 0.05) is 17.5 Å². The molecule has 0 aromatic carbocycles. The molecule has 0 fully saturated rings. The zero-order valence-electron chi connectivity index (χ0n) is 12.7. The number of thioether (sulfide) groups is 1. The summed E-state index contributed by atoms with van der Waals surface area (Å²) < 4.78 is 0.638. The summed E-state index contributed by atoms with van der Waals surface area (Å²) in [6, 6.07) is 0. The van der Waals surface area contributed by atoms with E-state index in [2.05, 4.69) is 25.8 Å². The Bertz CT molecular complexity index is 640. The summed E-state index contributed by atoms with van der Waals surface area (Å²) in [4.78, 5) is 27.7. The van der Waals surface area contributed by atoms with Crippen LogP contribution in [0.25, 0.3) is 0 Å². The van der Waals surface area contributed by atoms with Crippen molar-refractivity contribution in [3.63, 3.8) is 0 Å². The number of carbonyl (C=O) groups is 2. The van der Waals surface area contributed by atoms with Gasteiger partial charge in [-0.25, -0.2) is 4.98 Å². The second-order valence-electron chi connectivity index (χ2n) is 4.55. The van der Waals surface area contributed by atoms with Crippen LogP contribution in [0.2, 0.25) is 0 Å². The molecule has 2 aromatic rings. The van der Waals surface area contributed by atoms with E-state index in [9.17, 15) is 9.59 Å². The summed E-state index contributed by atoms with van der Waals surface area (Å²) in [5.74, 6) is 0.0142. The second kappa shape index (κ2) is 8.94. The normalized spacial score (nSPS) is 10.7. The molecule has 2 aromatic heterocycles. The maximum absolute atomic E-state index is 12.0.